The molecule has 1 aromatic heterocycles. The number of anilines is 1. The number of nitrogens with two attached hydrogens (primary N) is 2. The molecule has 0 atom stereocenters. The van der Waals surface area contributed by atoms with Crippen LogP contribution in [0.4, 0.5) is 5.82 Å². The van der Waals surface area contributed by atoms with Gasteiger partial charge in [0.05, 0.1) is 11.9 Å². The third kappa shape index (κ3) is 1.87. The number of carbonyl (C=O) groups is 1. The van der Waals surface area contributed by atoms with Gasteiger partial charge in [-0.15, -0.1) is 0 Å². The second-order valence-electron chi connectivity index (χ2n) is 3.99. The average molecular weight is 230 g/mol. The molecule has 1 aromatic carbocycles. The molecule has 0 radical (unpaired) electrons. The van der Waals surface area contributed by atoms with E-state index in [-0.39, 0.29) is 11.4 Å². The van der Waals surface area contributed by atoms with Crippen molar-refractivity contribution in [3.8, 4) is 5.69 Å². The van der Waals surface area contributed by atoms with E-state index in [9.17, 15) is 4.79 Å². The number of nitrogen functional groups attached to an aromatic ring is 1. The molecule has 1 heterocycles. The van der Waals surface area contributed by atoms with E-state index in [2.05, 4.69) is 5.10 Å². The van der Waals surface area contributed by atoms with E-state index in [4.69, 9.17) is 11.5 Å². The lowest BCUT2D eigenvalue weighted by atomic mass is 10.1. The summed E-state index contributed by atoms with van der Waals surface area (Å²) in [4.78, 5) is 11.1. The van der Waals surface area contributed by atoms with Crippen LogP contribution in [0.3, 0.4) is 0 Å². The molecule has 88 valence electrons. The van der Waals surface area contributed by atoms with Crippen molar-refractivity contribution in [2.24, 2.45) is 5.73 Å². The molecule has 0 aliphatic carbocycles. The Morgan fingerprint density at radius 2 is 2.00 bits per heavy atom. The third-order valence-corrected chi connectivity index (χ3v) is 2.81. The quantitative estimate of drug-likeness (QED) is 0.811. The minimum Gasteiger partial charge on any atom is -0.383 e. The normalized spacial score (nSPS) is 10.5. The smallest absolute Gasteiger partial charge is 0.254 e. The van der Waals surface area contributed by atoms with Crippen LogP contribution < -0.4 is 11.5 Å². The Morgan fingerprint density at radius 3 is 2.53 bits per heavy atom. The zero-order chi connectivity index (χ0) is 12.6. The van der Waals surface area contributed by atoms with E-state index < -0.39 is 5.91 Å². The Hall–Kier alpha value is -2.30. The lowest BCUT2D eigenvalue weighted by Crippen LogP contribution is -2.13. The molecular weight excluding hydrogens is 216 g/mol. The van der Waals surface area contributed by atoms with Crippen molar-refractivity contribution in [2.45, 2.75) is 13.8 Å². The standard InChI is InChI=1S/C12H14N4O/c1-7-3-4-9(5-8(7)2)16-11(13)10(6-15-16)12(14)17/h3-6H,13H2,1-2H3,(H2,14,17). The average Bonchev–Trinajstić information content (AvgIpc) is 2.64. The Kier molecular flexibility index (Phi) is 2.59. The first kappa shape index (κ1) is 11.2. The van der Waals surface area contributed by atoms with Gasteiger partial charge in [0.2, 0.25) is 0 Å². The molecule has 2 rings (SSSR count). The lowest BCUT2D eigenvalue weighted by molar-refractivity contribution is 0.100. The van der Waals surface area contributed by atoms with Gasteiger partial charge in [-0.05, 0) is 37.1 Å². The Labute approximate surface area is 99.0 Å². The van der Waals surface area contributed by atoms with E-state index in [1.54, 1.807) is 0 Å². The van der Waals surface area contributed by atoms with Gasteiger partial charge in [0.1, 0.15) is 11.4 Å². The summed E-state index contributed by atoms with van der Waals surface area (Å²) in [5, 5.41) is 4.07. The first-order valence-corrected chi connectivity index (χ1v) is 5.21. The van der Waals surface area contributed by atoms with Gasteiger partial charge in [-0.1, -0.05) is 6.07 Å². The van der Waals surface area contributed by atoms with Crippen LogP contribution >= 0.6 is 0 Å². The van der Waals surface area contributed by atoms with Crippen LogP contribution in [0.25, 0.3) is 5.69 Å². The van der Waals surface area contributed by atoms with Crippen LogP contribution in [0.2, 0.25) is 0 Å². The highest BCUT2D eigenvalue weighted by atomic mass is 16.1. The van der Waals surface area contributed by atoms with Gasteiger partial charge in [0.15, 0.2) is 0 Å². The van der Waals surface area contributed by atoms with Gasteiger partial charge in [0.25, 0.3) is 5.91 Å². The molecule has 0 saturated carbocycles. The van der Waals surface area contributed by atoms with Gasteiger partial charge >= 0.3 is 0 Å². The largest absolute Gasteiger partial charge is 0.383 e. The van der Waals surface area contributed by atoms with Crippen molar-refractivity contribution >= 4 is 11.7 Å². The van der Waals surface area contributed by atoms with E-state index in [1.165, 1.54) is 16.4 Å². The van der Waals surface area contributed by atoms with Crippen LogP contribution in [-0.2, 0) is 0 Å². The van der Waals surface area contributed by atoms with Gasteiger partial charge in [0, 0.05) is 0 Å². The number of primary amides is 1. The molecule has 0 spiro atoms. The number of aryl methyl sites for hydroxylation is 2. The van der Waals surface area contributed by atoms with Crippen molar-refractivity contribution in [3.63, 3.8) is 0 Å². The number of hydrogen-bond acceptors (Lipinski definition) is 3. The van der Waals surface area contributed by atoms with Crippen LogP contribution in [0.5, 0.6) is 0 Å². The summed E-state index contributed by atoms with van der Waals surface area (Å²) in [7, 11) is 0. The van der Waals surface area contributed by atoms with Gasteiger partial charge in [-0.2, -0.15) is 5.10 Å². The second-order valence-corrected chi connectivity index (χ2v) is 3.99. The van der Waals surface area contributed by atoms with Crippen molar-refractivity contribution in [1.82, 2.24) is 9.78 Å². The number of nitrogens with zero attached hydrogens (tertiary/aromatic N) is 2. The van der Waals surface area contributed by atoms with Gasteiger partial charge in [-0.3, -0.25) is 4.79 Å². The van der Waals surface area contributed by atoms with Gasteiger partial charge in [-0.25, -0.2) is 4.68 Å². The molecule has 0 fully saturated rings. The summed E-state index contributed by atoms with van der Waals surface area (Å²) in [6, 6.07) is 5.84. The molecule has 5 nitrogen and oxygen atoms in total. The summed E-state index contributed by atoms with van der Waals surface area (Å²) < 4.78 is 1.51. The van der Waals surface area contributed by atoms with Crippen molar-refractivity contribution in [3.05, 3.63) is 41.1 Å². The van der Waals surface area contributed by atoms with Gasteiger partial charge < -0.3 is 11.5 Å². The van der Waals surface area contributed by atoms with Crippen LogP contribution in [0.1, 0.15) is 21.5 Å². The summed E-state index contributed by atoms with van der Waals surface area (Å²) in [6.07, 6.45) is 1.38. The van der Waals surface area contributed by atoms with Crippen LogP contribution in [-0.4, -0.2) is 15.7 Å². The number of amides is 1. The maximum atomic E-state index is 11.1. The zero-order valence-electron chi connectivity index (χ0n) is 9.77. The Bertz CT molecular complexity index is 586. The fourth-order valence-electron chi connectivity index (χ4n) is 1.61. The maximum Gasteiger partial charge on any atom is 0.254 e. The molecule has 5 heteroatoms. The summed E-state index contributed by atoms with van der Waals surface area (Å²) >= 11 is 0. The molecule has 0 unspecified atom stereocenters. The highest BCUT2D eigenvalue weighted by molar-refractivity contribution is 5.97. The molecule has 4 N–H and O–H groups in total. The highest BCUT2D eigenvalue weighted by Gasteiger charge is 2.13. The molecule has 0 aliphatic rings. The second kappa shape index (κ2) is 3.93. The summed E-state index contributed by atoms with van der Waals surface area (Å²) in [5.41, 5.74) is 14.4. The molecule has 1 amide bonds. The predicted molar refractivity (Wildman–Crippen MR) is 66.0 cm³/mol. The molecule has 2 aromatic rings. The SMILES string of the molecule is Cc1ccc(-n2ncc(C(N)=O)c2N)cc1C. The maximum absolute atomic E-state index is 11.1. The fraction of sp³-hybridized carbons (Fsp3) is 0.167. The minimum absolute atomic E-state index is 0.239. The first-order valence-electron chi connectivity index (χ1n) is 5.21. The number of hydrogen-bond donors (Lipinski definition) is 2. The first-order chi connectivity index (χ1) is 8.00. The van der Waals surface area contributed by atoms with Crippen LogP contribution in [0.15, 0.2) is 24.4 Å². The lowest BCUT2D eigenvalue weighted by Gasteiger charge is -2.07. The molecule has 0 saturated heterocycles. The topological polar surface area (TPSA) is 86.9 Å². The van der Waals surface area contributed by atoms with Crippen molar-refractivity contribution in [2.75, 3.05) is 5.73 Å². The Morgan fingerprint density at radius 1 is 1.29 bits per heavy atom. The van der Waals surface area contributed by atoms with E-state index >= 15 is 0 Å². The van der Waals surface area contributed by atoms with Crippen molar-refractivity contribution in [1.29, 1.82) is 0 Å². The minimum atomic E-state index is -0.572. The summed E-state index contributed by atoms with van der Waals surface area (Å²) in [5.74, 6) is -0.307. The number of carbonyl (C=O) groups excluding carboxylic acids is 1. The molecule has 0 aliphatic heterocycles. The zero-order valence-corrected chi connectivity index (χ0v) is 9.77. The number of benzene rings is 1. The van der Waals surface area contributed by atoms with E-state index in [1.807, 2.05) is 32.0 Å². The molecular formula is C12H14N4O. The van der Waals surface area contributed by atoms with Crippen LogP contribution in [0, 0.1) is 13.8 Å². The Balaban J connectivity index is 2.53. The number of rotatable bonds is 2. The predicted octanol–water partition coefficient (Wildman–Crippen LogP) is 1.17. The highest BCUT2D eigenvalue weighted by Crippen LogP contribution is 2.19. The monoisotopic (exact) mass is 230 g/mol. The summed E-state index contributed by atoms with van der Waals surface area (Å²) in [6.45, 7) is 4.04. The molecule has 0 bridgehead atoms. The third-order valence-electron chi connectivity index (χ3n) is 2.81. The number of aromatic nitrogens is 2. The van der Waals surface area contributed by atoms with E-state index in [0.29, 0.717) is 0 Å². The molecule has 17 heavy (non-hydrogen) atoms. The van der Waals surface area contributed by atoms with E-state index in [0.717, 1.165) is 11.3 Å². The fourth-order valence-corrected chi connectivity index (χ4v) is 1.61. The van der Waals surface area contributed by atoms with Crippen molar-refractivity contribution < 1.29 is 4.79 Å².